The van der Waals surface area contributed by atoms with Gasteiger partial charge >= 0.3 is 0 Å². The van der Waals surface area contributed by atoms with Crippen LogP contribution in [-0.2, 0) is 0 Å². The monoisotopic (exact) mass is 222 g/mol. The summed E-state index contributed by atoms with van der Waals surface area (Å²) in [5.41, 5.74) is 7.59. The molecule has 1 heterocycles. The van der Waals surface area contributed by atoms with Crippen LogP contribution in [0.1, 0.15) is 0 Å². The first-order chi connectivity index (χ1) is 7.15. The van der Waals surface area contributed by atoms with Gasteiger partial charge in [-0.05, 0) is 36.4 Å². The van der Waals surface area contributed by atoms with Crippen LogP contribution in [0.4, 0.5) is 10.1 Å². The molecule has 0 atom stereocenters. The Hall–Kier alpha value is -1.61. The summed E-state index contributed by atoms with van der Waals surface area (Å²) in [6.45, 7) is 0. The Kier molecular flexibility index (Phi) is 2.56. The smallest absolute Gasteiger partial charge is 0.131 e. The van der Waals surface area contributed by atoms with Crippen molar-refractivity contribution in [2.24, 2.45) is 0 Å². The van der Waals surface area contributed by atoms with E-state index in [0.717, 1.165) is 5.56 Å². The molecule has 0 saturated carbocycles. The molecule has 0 spiro atoms. The van der Waals surface area contributed by atoms with Gasteiger partial charge in [-0.25, -0.2) is 9.37 Å². The van der Waals surface area contributed by atoms with Crippen LogP contribution in [0.3, 0.4) is 0 Å². The fraction of sp³-hybridized carbons (Fsp3) is 0. The predicted octanol–water partition coefficient (Wildman–Crippen LogP) is 3.12. The van der Waals surface area contributed by atoms with Crippen molar-refractivity contribution < 1.29 is 4.39 Å². The number of nitrogens with zero attached hydrogens (tertiary/aromatic N) is 1. The number of rotatable bonds is 1. The molecule has 0 amide bonds. The molecule has 0 fully saturated rings. The van der Waals surface area contributed by atoms with Gasteiger partial charge in [0.15, 0.2) is 0 Å². The van der Waals surface area contributed by atoms with Crippen LogP contribution in [0.25, 0.3) is 11.3 Å². The van der Waals surface area contributed by atoms with E-state index in [1.165, 1.54) is 12.1 Å². The van der Waals surface area contributed by atoms with E-state index in [-0.39, 0.29) is 5.82 Å². The second kappa shape index (κ2) is 3.87. The Balaban J connectivity index is 2.49. The number of nitrogen functional groups attached to an aromatic ring is 1. The second-order valence-electron chi connectivity index (χ2n) is 3.12. The van der Waals surface area contributed by atoms with Gasteiger partial charge in [0, 0.05) is 11.3 Å². The van der Waals surface area contributed by atoms with Gasteiger partial charge in [-0.2, -0.15) is 0 Å². The fourth-order valence-corrected chi connectivity index (χ4v) is 1.50. The first kappa shape index (κ1) is 9.93. The maximum Gasteiger partial charge on any atom is 0.131 e. The molecule has 2 N–H and O–H groups in total. The number of benzene rings is 1. The van der Waals surface area contributed by atoms with Crippen molar-refractivity contribution in [3.8, 4) is 11.3 Å². The SMILES string of the molecule is Nc1cc(Cl)nc(-c2ccc(F)cc2)c1. The van der Waals surface area contributed by atoms with Gasteiger partial charge in [0.1, 0.15) is 11.0 Å². The molecule has 0 aliphatic heterocycles. The summed E-state index contributed by atoms with van der Waals surface area (Å²) >= 11 is 5.77. The van der Waals surface area contributed by atoms with Gasteiger partial charge in [0.05, 0.1) is 5.69 Å². The maximum absolute atomic E-state index is 12.7. The van der Waals surface area contributed by atoms with Crippen LogP contribution in [0, 0.1) is 5.82 Å². The van der Waals surface area contributed by atoms with E-state index < -0.39 is 0 Å². The van der Waals surface area contributed by atoms with Gasteiger partial charge < -0.3 is 5.73 Å². The summed E-state index contributed by atoms with van der Waals surface area (Å²) in [6, 6.07) is 9.26. The third-order valence-corrected chi connectivity index (χ3v) is 2.15. The minimum atomic E-state index is -0.284. The Morgan fingerprint density at radius 1 is 1.13 bits per heavy atom. The molecule has 0 bridgehead atoms. The Morgan fingerprint density at radius 3 is 2.40 bits per heavy atom. The fourth-order valence-electron chi connectivity index (χ4n) is 1.29. The second-order valence-corrected chi connectivity index (χ2v) is 3.50. The van der Waals surface area contributed by atoms with Crippen LogP contribution >= 0.6 is 11.6 Å². The minimum absolute atomic E-state index is 0.284. The number of anilines is 1. The van der Waals surface area contributed by atoms with Gasteiger partial charge in [-0.3, -0.25) is 0 Å². The molecule has 15 heavy (non-hydrogen) atoms. The van der Waals surface area contributed by atoms with Crippen molar-refractivity contribution in [3.63, 3.8) is 0 Å². The molecule has 0 aliphatic carbocycles. The molecule has 0 unspecified atom stereocenters. The summed E-state index contributed by atoms with van der Waals surface area (Å²) < 4.78 is 12.7. The summed E-state index contributed by atoms with van der Waals surface area (Å²) in [7, 11) is 0. The number of pyridine rings is 1. The zero-order valence-electron chi connectivity index (χ0n) is 7.74. The van der Waals surface area contributed by atoms with Crippen molar-refractivity contribution in [1.82, 2.24) is 4.98 Å². The summed E-state index contributed by atoms with van der Waals surface area (Å²) in [6.07, 6.45) is 0. The molecule has 2 aromatic rings. The van der Waals surface area contributed by atoms with Crippen molar-refractivity contribution >= 4 is 17.3 Å². The Morgan fingerprint density at radius 2 is 1.80 bits per heavy atom. The van der Waals surface area contributed by atoms with Crippen LogP contribution in [0.15, 0.2) is 36.4 Å². The first-order valence-corrected chi connectivity index (χ1v) is 4.72. The highest BCUT2D eigenvalue weighted by atomic mass is 35.5. The van der Waals surface area contributed by atoms with E-state index in [4.69, 9.17) is 17.3 Å². The lowest BCUT2D eigenvalue weighted by molar-refractivity contribution is 0.628. The van der Waals surface area contributed by atoms with Gasteiger partial charge in [-0.1, -0.05) is 11.6 Å². The number of hydrogen-bond acceptors (Lipinski definition) is 2. The zero-order chi connectivity index (χ0) is 10.8. The number of halogens is 2. The zero-order valence-corrected chi connectivity index (χ0v) is 8.50. The molecule has 4 heteroatoms. The third-order valence-electron chi connectivity index (χ3n) is 1.96. The Labute approximate surface area is 91.5 Å². The number of nitrogens with two attached hydrogens (primary N) is 1. The molecule has 2 nitrogen and oxygen atoms in total. The summed E-state index contributed by atoms with van der Waals surface area (Å²) in [5.74, 6) is -0.284. The average molecular weight is 223 g/mol. The number of aromatic nitrogens is 1. The summed E-state index contributed by atoms with van der Waals surface area (Å²) in [5, 5.41) is 0.328. The molecule has 0 saturated heterocycles. The predicted molar refractivity (Wildman–Crippen MR) is 59.1 cm³/mol. The summed E-state index contributed by atoms with van der Waals surface area (Å²) in [4.78, 5) is 4.10. The van der Waals surface area contributed by atoms with E-state index in [9.17, 15) is 4.39 Å². The van der Waals surface area contributed by atoms with E-state index in [0.29, 0.717) is 16.5 Å². The van der Waals surface area contributed by atoms with E-state index in [1.54, 1.807) is 24.3 Å². The molecule has 1 aromatic carbocycles. The van der Waals surface area contributed by atoms with Crippen LogP contribution in [0.2, 0.25) is 5.15 Å². The third kappa shape index (κ3) is 2.25. The topological polar surface area (TPSA) is 38.9 Å². The number of hydrogen-bond donors (Lipinski definition) is 1. The van der Waals surface area contributed by atoms with Crippen LogP contribution in [0.5, 0.6) is 0 Å². The van der Waals surface area contributed by atoms with Crippen molar-refractivity contribution in [2.75, 3.05) is 5.73 Å². The molecular formula is C11H8ClFN2. The molecule has 0 aliphatic rings. The maximum atomic E-state index is 12.7. The van der Waals surface area contributed by atoms with Crippen molar-refractivity contribution in [2.45, 2.75) is 0 Å². The van der Waals surface area contributed by atoms with E-state index in [1.807, 2.05) is 0 Å². The van der Waals surface area contributed by atoms with Crippen molar-refractivity contribution in [3.05, 3.63) is 47.4 Å². The lowest BCUT2D eigenvalue weighted by Crippen LogP contribution is -1.90. The molecule has 1 aromatic heterocycles. The Bertz CT molecular complexity index is 462. The highest BCUT2D eigenvalue weighted by molar-refractivity contribution is 6.29. The molecule has 0 radical (unpaired) electrons. The highest BCUT2D eigenvalue weighted by Gasteiger charge is 2.02. The van der Waals surface area contributed by atoms with Gasteiger partial charge in [-0.15, -0.1) is 0 Å². The lowest BCUT2D eigenvalue weighted by Gasteiger charge is -2.02. The largest absolute Gasteiger partial charge is 0.399 e. The van der Waals surface area contributed by atoms with Crippen molar-refractivity contribution in [1.29, 1.82) is 0 Å². The van der Waals surface area contributed by atoms with Crippen LogP contribution in [-0.4, -0.2) is 4.98 Å². The molecule has 2 rings (SSSR count). The molecule has 76 valence electrons. The highest BCUT2D eigenvalue weighted by Crippen LogP contribution is 2.22. The van der Waals surface area contributed by atoms with E-state index in [2.05, 4.69) is 4.98 Å². The van der Waals surface area contributed by atoms with Gasteiger partial charge in [0.2, 0.25) is 0 Å². The van der Waals surface area contributed by atoms with E-state index >= 15 is 0 Å². The minimum Gasteiger partial charge on any atom is -0.399 e. The molecular weight excluding hydrogens is 215 g/mol. The van der Waals surface area contributed by atoms with Crippen LogP contribution < -0.4 is 5.73 Å². The normalized spacial score (nSPS) is 10.3. The average Bonchev–Trinajstić information content (AvgIpc) is 2.17. The quantitative estimate of drug-likeness (QED) is 0.753. The standard InChI is InChI=1S/C11H8ClFN2/c12-11-6-9(14)5-10(15-11)7-1-3-8(13)4-2-7/h1-6H,(H2,14,15). The first-order valence-electron chi connectivity index (χ1n) is 4.34. The lowest BCUT2D eigenvalue weighted by atomic mass is 10.1. The van der Waals surface area contributed by atoms with Gasteiger partial charge in [0.25, 0.3) is 0 Å².